The number of carbonyl (C=O) groups is 2. The first-order valence-electron chi connectivity index (χ1n) is 10.9. The van der Waals surface area contributed by atoms with Crippen LogP contribution in [0.4, 0.5) is 10.1 Å². The van der Waals surface area contributed by atoms with E-state index < -0.39 is 40.2 Å². The number of rotatable bonds is 10. The van der Waals surface area contributed by atoms with E-state index in [1.807, 2.05) is 20.8 Å². The Kier molecular flexibility index (Phi) is 9.64. The number of benzene rings is 2. The smallest absolute Gasteiger partial charge is 0.244 e. The average Bonchev–Trinajstić information content (AvgIpc) is 2.77. The second-order valence-corrected chi connectivity index (χ2v) is 11.1. The van der Waals surface area contributed by atoms with Gasteiger partial charge < -0.3 is 10.2 Å². The van der Waals surface area contributed by atoms with Crippen LogP contribution in [0, 0.1) is 12.7 Å². The third-order valence-corrected chi connectivity index (χ3v) is 7.61. The molecule has 10 heteroatoms. The molecule has 2 atom stereocenters. The van der Waals surface area contributed by atoms with Gasteiger partial charge in [0, 0.05) is 22.6 Å². The van der Waals surface area contributed by atoms with E-state index in [1.165, 1.54) is 23.1 Å². The van der Waals surface area contributed by atoms with Crippen molar-refractivity contribution >= 4 is 43.5 Å². The fraction of sp³-hybridized carbons (Fsp3) is 0.417. The third-order valence-electron chi connectivity index (χ3n) is 5.58. The molecule has 0 aliphatic carbocycles. The van der Waals surface area contributed by atoms with E-state index in [2.05, 4.69) is 21.2 Å². The predicted octanol–water partition coefficient (Wildman–Crippen LogP) is 3.99. The number of nitrogens with zero attached hydrogens (tertiary/aromatic N) is 2. The molecule has 2 aromatic rings. The number of carbonyl (C=O) groups excluding carboxylic acids is 2. The van der Waals surface area contributed by atoms with Crippen molar-refractivity contribution in [2.75, 3.05) is 17.1 Å². The van der Waals surface area contributed by atoms with Gasteiger partial charge in [0.1, 0.15) is 18.4 Å². The third kappa shape index (κ3) is 7.27. The Bertz CT molecular complexity index is 1140. The molecule has 186 valence electrons. The topological polar surface area (TPSA) is 86.8 Å². The summed E-state index contributed by atoms with van der Waals surface area (Å²) in [6, 6.07) is 9.85. The quantitative estimate of drug-likeness (QED) is 0.480. The fourth-order valence-corrected chi connectivity index (χ4v) is 4.34. The van der Waals surface area contributed by atoms with Crippen molar-refractivity contribution in [3.8, 4) is 0 Å². The highest BCUT2D eigenvalue weighted by Gasteiger charge is 2.31. The molecule has 0 spiro atoms. The Balaban J connectivity index is 2.42. The first-order valence-corrected chi connectivity index (χ1v) is 13.6. The Morgan fingerprint density at radius 1 is 1.15 bits per heavy atom. The predicted molar refractivity (Wildman–Crippen MR) is 135 cm³/mol. The van der Waals surface area contributed by atoms with Crippen LogP contribution >= 0.6 is 15.9 Å². The van der Waals surface area contributed by atoms with Crippen molar-refractivity contribution in [2.24, 2.45) is 0 Å². The van der Waals surface area contributed by atoms with Crippen LogP contribution in [-0.2, 0) is 26.2 Å². The summed E-state index contributed by atoms with van der Waals surface area (Å²) in [5.74, 6) is -1.54. The summed E-state index contributed by atoms with van der Waals surface area (Å²) in [4.78, 5) is 27.5. The number of anilines is 1. The molecule has 0 aliphatic rings. The van der Waals surface area contributed by atoms with Crippen LogP contribution in [0.1, 0.15) is 38.3 Å². The van der Waals surface area contributed by atoms with Crippen LogP contribution in [0.2, 0.25) is 0 Å². The van der Waals surface area contributed by atoms with Crippen molar-refractivity contribution in [2.45, 2.75) is 52.7 Å². The Morgan fingerprint density at radius 2 is 1.79 bits per heavy atom. The first kappa shape index (κ1) is 27.8. The SMILES string of the molecule is CC[C@H](C)NC(=O)[C@@H](C)N(Cc1ccccc1F)C(=O)CN(c1ccc(Br)c(C)c1)S(C)(=O)=O. The molecule has 0 heterocycles. The van der Waals surface area contributed by atoms with E-state index in [-0.39, 0.29) is 18.2 Å². The van der Waals surface area contributed by atoms with Gasteiger partial charge in [0.15, 0.2) is 0 Å². The van der Waals surface area contributed by atoms with Crippen molar-refractivity contribution in [1.29, 1.82) is 0 Å². The summed E-state index contributed by atoms with van der Waals surface area (Å²) in [5, 5.41) is 2.83. The maximum Gasteiger partial charge on any atom is 0.244 e. The molecule has 0 saturated heterocycles. The van der Waals surface area contributed by atoms with Crippen LogP contribution in [0.5, 0.6) is 0 Å². The standard InChI is InChI=1S/C24H31BrFN3O4S/c1-6-17(3)27-24(31)18(4)28(14-19-9-7-8-10-22(19)26)23(30)15-29(34(5,32)33)20-11-12-21(25)16(2)13-20/h7-13,17-18H,6,14-15H2,1-5H3,(H,27,31)/t17-,18+/m0/s1. The molecule has 2 amide bonds. The largest absolute Gasteiger partial charge is 0.352 e. The van der Waals surface area contributed by atoms with Crippen molar-refractivity contribution in [1.82, 2.24) is 10.2 Å². The van der Waals surface area contributed by atoms with Gasteiger partial charge in [-0.3, -0.25) is 13.9 Å². The van der Waals surface area contributed by atoms with Gasteiger partial charge in [0.25, 0.3) is 0 Å². The minimum Gasteiger partial charge on any atom is -0.352 e. The minimum atomic E-state index is -3.83. The van der Waals surface area contributed by atoms with Crippen molar-refractivity contribution < 1.29 is 22.4 Å². The normalized spacial score (nSPS) is 13.1. The average molecular weight is 556 g/mol. The van der Waals surface area contributed by atoms with Gasteiger partial charge in [-0.1, -0.05) is 41.1 Å². The molecule has 0 aromatic heterocycles. The molecule has 0 bridgehead atoms. The molecule has 2 aromatic carbocycles. The minimum absolute atomic E-state index is 0.112. The van der Waals surface area contributed by atoms with Gasteiger partial charge in [0.2, 0.25) is 21.8 Å². The summed E-state index contributed by atoms with van der Waals surface area (Å²) < 4.78 is 41.4. The Morgan fingerprint density at radius 3 is 2.35 bits per heavy atom. The van der Waals surface area contributed by atoms with Crippen LogP contribution < -0.4 is 9.62 Å². The number of aryl methyl sites for hydroxylation is 1. The van der Waals surface area contributed by atoms with Crippen molar-refractivity contribution in [3.05, 3.63) is 63.9 Å². The van der Waals surface area contributed by atoms with Crippen LogP contribution in [-0.4, -0.2) is 50.0 Å². The molecule has 0 saturated carbocycles. The summed E-state index contributed by atoms with van der Waals surface area (Å²) in [6.45, 7) is 6.40. The molecular formula is C24H31BrFN3O4S. The van der Waals surface area contributed by atoms with E-state index in [1.54, 1.807) is 31.2 Å². The van der Waals surface area contributed by atoms with E-state index in [9.17, 15) is 22.4 Å². The second-order valence-electron chi connectivity index (χ2n) is 8.31. The van der Waals surface area contributed by atoms with E-state index in [4.69, 9.17) is 0 Å². The molecule has 0 radical (unpaired) electrons. The van der Waals surface area contributed by atoms with E-state index >= 15 is 0 Å². The van der Waals surface area contributed by atoms with Crippen LogP contribution in [0.25, 0.3) is 0 Å². The number of hydrogen-bond acceptors (Lipinski definition) is 4. The maximum absolute atomic E-state index is 14.4. The first-order chi connectivity index (χ1) is 15.8. The van der Waals surface area contributed by atoms with E-state index in [0.717, 1.165) is 20.6 Å². The molecule has 0 aliphatic heterocycles. The highest BCUT2D eigenvalue weighted by molar-refractivity contribution is 9.10. The Hall–Kier alpha value is -2.46. The van der Waals surface area contributed by atoms with Gasteiger partial charge in [-0.05, 0) is 57.0 Å². The number of amides is 2. The highest BCUT2D eigenvalue weighted by Crippen LogP contribution is 2.25. The molecule has 0 unspecified atom stereocenters. The summed E-state index contributed by atoms with van der Waals surface area (Å²) >= 11 is 3.38. The van der Waals surface area contributed by atoms with Gasteiger partial charge in [-0.15, -0.1) is 0 Å². The molecule has 0 fully saturated rings. The summed E-state index contributed by atoms with van der Waals surface area (Å²) in [6.07, 6.45) is 1.71. The summed E-state index contributed by atoms with van der Waals surface area (Å²) in [7, 11) is -3.83. The van der Waals surface area contributed by atoms with Gasteiger partial charge in [0.05, 0.1) is 11.9 Å². The van der Waals surface area contributed by atoms with Gasteiger partial charge in [-0.25, -0.2) is 12.8 Å². The lowest BCUT2D eigenvalue weighted by Crippen LogP contribution is -2.52. The molecular weight excluding hydrogens is 525 g/mol. The lowest BCUT2D eigenvalue weighted by Gasteiger charge is -2.32. The van der Waals surface area contributed by atoms with Crippen LogP contribution in [0.3, 0.4) is 0 Å². The number of hydrogen-bond donors (Lipinski definition) is 1. The summed E-state index contributed by atoms with van der Waals surface area (Å²) in [5.41, 5.74) is 1.34. The monoisotopic (exact) mass is 555 g/mol. The molecule has 34 heavy (non-hydrogen) atoms. The molecule has 1 N–H and O–H groups in total. The highest BCUT2D eigenvalue weighted by atomic mass is 79.9. The zero-order valence-corrected chi connectivity index (χ0v) is 22.4. The zero-order chi connectivity index (χ0) is 25.6. The lowest BCUT2D eigenvalue weighted by molar-refractivity contribution is -0.139. The zero-order valence-electron chi connectivity index (χ0n) is 20.0. The number of sulfonamides is 1. The van der Waals surface area contributed by atoms with Crippen molar-refractivity contribution in [3.63, 3.8) is 0 Å². The number of nitrogens with one attached hydrogen (secondary N) is 1. The Labute approximate surface area is 209 Å². The van der Waals surface area contributed by atoms with Gasteiger partial charge >= 0.3 is 0 Å². The van der Waals surface area contributed by atoms with E-state index in [0.29, 0.717) is 12.1 Å². The maximum atomic E-state index is 14.4. The van der Waals surface area contributed by atoms with Crippen LogP contribution in [0.15, 0.2) is 46.9 Å². The number of halogens is 2. The molecule has 7 nitrogen and oxygen atoms in total. The fourth-order valence-electron chi connectivity index (χ4n) is 3.26. The second kappa shape index (κ2) is 11.8. The van der Waals surface area contributed by atoms with Gasteiger partial charge in [-0.2, -0.15) is 0 Å². The molecule has 2 rings (SSSR count). The lowest BCUT2D eigenvalue weighted by atomic mass is 10.1.